The van der Waals surface area contributed by atoms with Gasteiger partial charge in [0.1, 0.15) is 11.6 Å². The molecule has 2 aromatic carbocycles. The maximum atomic E-state index is 13.8. The molecule has 1 fully saturated rings. The summed E-state index contributed by atoms with van der Waals surface area (Å²) in [5, 5.41) is 14.0. The van der Waals surface area contributed by atoms with Crippen LogP contribution in [0, 0.1) is 17.0 Å². The van der Waals surface area contributed by atoms with Crippen LogP contribution in [-0.2, 0) is 10.3 Å². The molecule has 1 amide bonds. The molecule has 1 aliphatic heterocycles. The van der Waals surface area contributed by atoms with Crippen LogP contribution in [0.25, 0.3) is 21.2 Å². The molecule has 1 aromatic heterocycles. The predicted molar refractivity (Wildman–Crippen MR) is 103 cm³/mol. The van der Waals surface area contributed by atoms with Gasteiger partial charge in [-0.05, 0) is 59.1 Å². The summed E-state index contributed by atoms with van der Waals surface area (Å²) < 4.78 is 28.5. The first kappa shape index (κ1) is 17.6. The van der Waals surface area contributed by atoms with Crippen LogP contribution in [0.4, 0.5) is 8.78 Å². The molecule has 7 heteroatoms. The zero-order chi connectivity index (χ0) is 19.3. The smallest absolute Gasteiger partial charge is 0.231 e. The average molecular weight is 385 g/mol. The van der Waals surface area contributed by atoms with Gasteiger partial charge >= 0.3 is 0 Å². The van der Waals surface area contributed by atoms with Gasteiger partial charge in [-0.25, -0.2) is 8.78 Å². The number of guanidine groups is 1. The Morgan fingerprint density at radius 3 is 2.56 bits per heavy atom. The summed E-state index contributed by atoms with van der Waals surface area (Å²) in [5.41, 5.74) is 1.16. The number of halogens is 2. The van der Waals surface area contributed by atoms with E-state index in [-0.39, 0.29) is 18.3 Å². The van der Waals surface area contributed by atoms with Crippen molar-refractivity contribution < 1.29 is 13.6 Å². The third-order valence-corrected chi connectivity index (χ3v) is 5.93. The Kier molecular flexibility index (Phi) is 3.99. The first-order chi connectivity index (χ1) is 12.8. The number of nitrogens with zero attached hydrogens (tertiary/aromatic N) is 1. The molecule has 2 heterocycles. The molecule has 1 atom stereocenters. The molecular formula is C20H17F2N3OS. The highest BCUT2D eigenvalue weighted by Gasteiger charge is 2.38. The first-order valence-electron chi connectivity index (χ1n) is 8.38. The van der Waals surface area contributed by atoms with Gasteiger partial charge in [-0.1, -0.05) is 0 Å². The molecule has 27 heavy (non-hydrogen) atoms. The lowest BCUT2D eigenvalue weighted by molar-refractivity contribution is -0.129. The number of benzene rings is 2. The van der Waals surface area contributed by atoms with E-state index in [1.165, 1.54) is 28.4 Å². The van der Waals surface area contributed by atoms with Crippen LogP contribution in [0.15, 0.2) is 41.8 Å². The third-order valence-electron chi connectivity index (χ3n) is 4.97. The summed E-state index contributed by atoms with van der Waals surface area (Å²) in [4.78, 5) is 13.6. The number of thiophene rings is 1. The van der Waals surface area contributed by atoms with Crippen molar-refractivity contribution in [1.29, 1.82) is 5.41 Å². The van der Waals surface area contributed by atoms with Crippen LogP contribution < -0.4 is 5.32 Å². The molecule has 1 aliphatic rings. The van der Waals surface area contributed by atoms with Crippen LogP contribution in [0.3, 0.4) is 0 Å². The van der Waals surface area contributed by atoms with E-state index < -0.39 is 17.2 Å². The topological polar surface area (TPSA) is 56.2 Å². The van der Waals surface area contributed by atoms with Crippen molar-refractivity contribution in [1.82, 2.24) is 10.2 Å². The lowest BCUT2D eigenvalue weighted by atomic mass is 9.84. The molecule has 1 saturated heterocycles. The number of carbonyl (C=O) groups excluding carboxylic acids is 1. The highest BCUT2D eigenvalue weighted by Crippen LogP contribution is 2.39. The van der Waals surface area contributed by atoms with Crippen LogP contribution in [0.5, 0.6) is 0 Å². The van der Waals surface area contributed by atoms with Gasteiger partial charge in [0.2, 0.25) is 5.91 Å². The van der Waals surface area contributed by atoms with Crippen molar-refractivity contribution in [3.63, 3.8) is 0 Å². The van der Waals surface area contributed by atoms with E-state index in [0.717, 1.165) is 21.7 Å². The second-order valence-electron chi connectivity index (χ2n) is 6.96. The number of fused-ring (bicyclic) bond motifs is 1. The number of nitrogens with one attached hydrogen (secondary N) is 2. The van der Waals surface area contributed by atoms with Crippen molar-refractivity contribution in [2.45, 2.75) is 18.9 Å². The Labute approximate surface area is 158 Å². The van der Waals surface area contributed by atoms with E-state index in [1.807, 2.05) is 30.5 Å². The zero-order valence-corrected chi connectivity index (χ0v) is 15.6. The van der Waals surface area contributed by atoms with Gasteiger partial charge in [-0.15, -0.1) is 11.3 Å². The Morgan fingerprint density at radius 2 is 1.89 bits per heavy atom. The number of hydrogen-bond acceptors (Lipinski definition) is 3. The molecule has 0 radical (unpaired) electrons. The lowest BCUT2D eigenvalue weighted by Gasteiger charge is -2.39. The van der Waals surface area contributed by atoms with E-state index in [1.54, 1.807) is 7.05 Å². The predicted octanol–water partition coefficient (Wildman–Crippen LogP) is 4.45. The van der Waals surface area contributed by atoms with E-state index in [4.69, 9.17) is 5.41 Å². The van der Waals surface area contributed by atoms with Crippen LogP contribution >= 0.6 is 11.3 Å². The Hall–Kier alpha value is -2.80. The van der Waals surface area contributed by atoms with Crippen LogP contribution in [-0.4, -0.2) is 23.8 Å². The maximum Gasteiger partial charge on any atom is 0.231 e. The van der Waals surface area contributed by atoms with Crippen molar-refractivity contribution in [2.24, 2.45) is 0 Å². The Balaban J connectivity index is 1.91. The van der Waals surface area contributed by atoms with Gasteiger partial charge in [0, 0.05) is 23.4 Å². The van der Waals surface area contributed by atoms with E-state index >= 15 is 0 Å². The molecule has 3 aromatic rings. The number of amides is 1. The molecule has 0 saturated carbocycles. The molecule has 2 N–H and O–H groups in total. The zero-order valence-electron chi connectivity index (χ0n) is 14.8. The summed E-state index contributed by atoms with van der Waals surface area (Å²) in [6.07, 6.45) is 0.179. The lowest BCUT2D eigenvalue weighted by Crippen LogP contribution is -2.58. The van der Waals surface area contributed by atoms with E-state index in [2.05, 4.69) is 5.32 Å². The van der Waals surface area contributed by atoms with Gasteiger partial charge < -0.3 is 5.32 Å². The molecule has 0 spiro atoms. The van der Waals surface area contributed by atoms with E-state index in [9.17, 15) is 13.6 Å². The van der Waals surface area contributed by atoms with Crippen molar-refractivity contribution in [3.8, 4) is 11.1 Å². The van der Waals surface area contributed by atoms with Crippen molar-refractivity contribution >= 4 is 33.3 Å². The standard InChI is InChI=1S/C20H17F2N3OS/c1-20(10-17(26)25(2)19(23)24-20)13-5-11-3-4-27-18(11)16(8-13)12-6-14(21)9-15(22)7-12/h3-9H,10H2,1-2H3,(H2,23,24)/t20-/m0/s1. The molecular weight excluding hydrogens is 368 g/mol. The Morgan fingerprint density at radius 1 is 1.19 bits per heavy atom. The SMILES string of the molecule is CN1C(=N)N[C@](C)(c2cc(-c3cc(F)cc(F)c3)c3sccc3c2)CC1=O. The largest absolute Gasteiger partial charge is 0.346 e. The fourth-order valence-corrected chi connectivity index (χ4v) is 4.35. The van der Waals surface area contributed by atoms with Crippen molar-refractivity contribution in [3.05, 3.63) is 59.0 Å². The fourth-order valence-electron chi connectivity index (χ4n) is 3.43. The second-order valence-corrected chi connectivity index (χ2v) is 7.87. The number of rotatable bonds is 2. The number of hydrogen-bond donors (Lipinski definition) is 2. The van der Waals surface area contributed by atoms with Crippen molar-refractivity contribution in [2.75, 3.05) is 7.05 Å². The normalized spacial score (nSPS) is 20.2. The molecule has 0 aliphatic carbocycles. The quantitative estimate of drug-likeness (QED) is 0.685. The minimum atomic E-state index is -0.780. The highest BCUT2D eigenvalue weighted by molar-refractivity contribution is 7.17. The molecule has 0 unspecified atom stereocenters. The minimum absolute atomic E-state index is 0.0255. The minimum Gasteiger partial charge on any atom is -0.346 e. The summed E-state index contributed by atoms with van der Waals surface area (Å²) in [7, 11) is 1.56. The second kappa shape index (κ2) is 6.13. The summed E-state index contributed by atoms with van der Waals surface area (Å²) in [6, 6.07) is 9.21. The maximum absolute atomic E-state index is 13.8. The van der Waals surface area contributed by atoms with Gasteiger partial charge in [-0.2, -0.15) is 0 Å². The van der Waals surface area contributed by atoms with Gasteiger partial charge in [0.15, 0.2) is 5.96 Å². The highest BCUT2D eigenvalue weighted by atomic mass is 32.1. The van der Waals surface area contributed by atoms with Crippen LogP contribution in [0.2, 0.25) is 0 Å². The average Bonchev–Trinajstić information content (AvgIpc) is 3.06. The summed E-state index contributed by atoms with van der Waals surface area (Å²) >= 11 is 1.49. The van der Waals surface area contributed by atoms with E-state index in [0.29, 0.717) is 11.1 Å². The molecule has 4 nitrogen and oxygen atoms in total. The Bertz CT molecular complexity index is 1050. The summed E-state index contributed by atoms with van der Waals surface area (Å²) in [5.74, 6) is -1.41. The summed E-state index contributed by atoms with van der Waals surface area (Å²) in [6.45, 7) is 1.86. The molecule has 4 rings (SSSR count). The third kappa shape index (κ3) is 2.98. The first-order valence-corrected chi connectivity index (χ1v) is 9.26. The van der Waals surface area contributed by atoms with Gasteiger partial charge in [0.25, 0.3) is 0 Å². The number of carbonyl (C=O) groups is 1. The molecule has 0 bridgehead atoms. The van der Waals surface area contributed by atoms with Gasteiger partial charge in [0.05, 0.1) is 12.0 Å². The monoisotopic (exact) mass is 385 g/mol. The fraction of sp³-hybridized carbons (Fsp3) is 0.200. The molecule has 138 valence electrons. The van der Waals surface area contributed by atoms with Crippen LogP contribution in [0.1, 0.15) is 18.9 Å². The van der Waals surface area contributed by atoms with Gasteiger partial charge in [-0.3, -0.25) is 15.1 Å².